The summed E-state index contributed by atoms with van der Waals surface area (Å²) in [7, 11) is 0. The van der Waals surface area contributed by atoms with Crippen LogP contribution in [0.2, 0.25) is 0 Å². The molecular weight excluding hydrogens is 334 g/mol. The topological polar surface area (TPSA) is 17.1 Å². The predicted octanol–water partition coefficient (Wildman–Crippen LogP) is 4.84. The minimum atomic E-state index is -1.26. The van der Waals surface area contributed by atoms with Crippen LogP contribution in [0.1, 0.15) is 22.8 Å². The summed E-state index contributed by atoms with van der Waals surface area (Å²) in [6, 6.07) is 14.5. The average Bonchev–Trinajstić information content (AvgIpc) is 2.92. The SMILES string of the molecule is CC(=O)[c-]1cccc1.ClC(Cl)(Cl)[c-]1[cH-][cH-][cH-][cH-]1.[Fe]. The van der Waals surface area contributed by atoms with Crippen molar-refractivity contribution in [2.24, 2.45) is 0 Å². The molecule has 0 unspecified atom stereocenters. The molecule has 0 fully saturated rings. The van der Waals surface area contributed by atoms with Gasteiger partial charge in [-0.05, 0) is 6.92 Å². The van der Waals surface area contributed by atoms with Crippen LogP contribution in [0.5, 0.6) is 0 Å². The van der Waals surface area contributed by atoms with Crippen LogP contribution < -0.4 is 0 Å². The number of hydrogen-bond acceptors (Lipinski definition) is 1. The molecule has 2 aromatic rings. The van der Waals surface area contributed by atoms with E-state index in [1.807, 2.05) is 36.4 Å². The first-order valence-corrected chi connectivity index (χ1v) is 6.06. The molecule has 0 spiro atoms. The number of ketones is 1. The smallest absolute Gasteiger partial charge is 0.105 e. The van der Waals surface area contributed by atoms with E-state index in [0.717, 1.165) is 5.56 Å². The Kier molecular flexibility index (Phi) is 7.93. The number of carbonyl (C=O) groups is 1. The molecular formula is C13H11Cl3FeO-6. The van der Waals surface area contributed by atoms with Crippen molar-refractivity contribution in [1.82, 2.24) is 0 Å². The van der Waals surface area contributed by atoms with Crippen molar-refractivity contribution in [3.8, 4) is 0 Å². The van der Waals surface area contributed by atoms with Gasteiger partial charge >= 0.3 is 0 Å². The molecule has 0 saturated carbocycles. The Morgan fingerprint density at radius 3 is 1.78 bits per heavy atom. The zero-order chi connectivity index (χ0) is 12.9. The normalized spacial score (nSPS) is 10.0. The van der Waals surface area contributed by atoms with E-state index in [1.54, 1.807) is 19.1 Å². The van der Waals surface area contributed by atoms with Crippen LogP contribution in [0.25, 0.3) is 0 Å². The van der Waals surface area contributed by atoms with Crippen LogP contribution in [-0.2, 0) is 20.9 Å². The summed E-state index contributed by atoms with van der Waals surface area (Å²) in [5.74, 6) is 0.134. The predicted molar refractivity (Wildman–Crippen MR) is 73.3 cm³/mol. The Balaban J connectivity index is 0.000000306. The van der Waals surface area contributed by atoms with Gasteiger partial charge in [0.05, 0.1) is 0 Å². The van der Waals surface area contributed by atoms with Crippen molar-refractivity contribution in [3.05, 3.63) is 59.7 Å². The summed E-state index contributed by atoms with van der Waals surface area (Å²) in [4.78, 5) is 10.5. The van der Waals surface area contributed by atoms with E-state index in [2.05, 4.69) is 0 Å². The van der Waals surface area contributed by atoms with Crippen molar-refractivity contribution < 1.29 is 21.9 Å². The third-order valence-electron chi connectivity index (χ3n) is 2.06. The first kappa shape index (κ1) is 17.8. The van der Waals surface area contributed by atoms with Crippen LogP contribution in [0.15, 0.2) is 48.5 Å². The molecule has 1 nitrogen and oxygen atoms in total. The Labute approximate surface area is 132 Å². The third-order valence-corrected chi connectivity index (χ3v) is 2.71. The van der Waals surface area contributed by atoms with Gasteiger partial charge in [-0.2, -0.15) is 12.1 Å². The fraction of sp³-hybridized carbons (Fsp3) is 0.154. The fourth-order valence-electron chi connectivity index (χ4n) is 1.17. The second-order valence-electron chi connectivity index (χ2n) is 3.40. The van der Waals surface area contributed by atoms with Crippen molar-refractivity contribution in [1.29, 1.82) is 0 Å². The summed E-state index contributed by atoms with van der Waals surface area (Å²) < 4.78 is -1.26. The van der Waals surface area contributed by atoms with E-state index in [0.29, 0.717) is 5.56 Å². The minimum absolute atomic E-state index is 0. The van der Waals surface area contributed by atoms with Crippen LogP contribution in [0.3, 0.4) is 0 Å². The molecule has 0 aromatic heterocycles. The first-order chi connectivity index (χ1) is 7.91. The van der Waals surface area contributed by atoms with Gasteiger partial charge in [0.15, 0.2) is 0 Å². The molecule has 0 aliphatic carbocycles. The van der Waals surface area contributed by atoms with E-state index in [4.69, 9.17) is 34.8 Å². The molecule has 2 rings (SSSR count). The molecule has 0 N–H and O–H groups in total. The molecule has 2 aromatic carbocycles. The monoisotopic (exact) mass is 344 g/mol. The summed E-state index contributed by atoms with van der Waals surface area (Å²) in [6.45, 7) is 1.56. The molecule has 0 amide bonds. The Morgan fingerprint density at radius 1 is 1.11 bits per heavy atom. The Morgan fingerprint density at radius 2 is 1.56 bits per heavy atom. The Bertz CT molecular complexity index is 441. The molecule has 0 aliphatic heterocycles. The molecule has 0 saturated heterocycles. The van der Waals surface area contributed by atoms with Crippen molar-refractivity contribution in [2.45, 2.75) is 10.7 Å². The van der Waals surface area contributed by atoms with E-state index in [-0.39, 0.29) is 22.9 Å². The average molecular weight is 345 g/mol. The van der Waals surface area contributed by atoms with Gasteiger partial charge in [-0.25, -0.2) is 12.1 Å². The maximum absolute atomic E-state index is 10.5. The maximum Gasteiger partial charge on any atom is 0.105 e. The first-order valence-electron chi connectivity index (χ1n) is 4.93. The van der Waals surface area contributed by atoms with Gasteiger partial charge in [0.25, 0.3) is 0 Å². The zero-order valence-electron chi connectivity index (χ0n) is 9.51. The maximum atomic E-state index is 10.5. The summed E-state index contributed by atoms with van der Waals surface area (Å²) >= 11 is 16.6. The van der Waals surface area contributed by atoms with Crippen LogP contribution in [0.4, 0.5) is 0 Å². The van der Waals surface area contributed by atoms with E-state index >= 15 is 0 Å². The van der Waals surface area contributed by atoms with E-state index in [9.17, 15) is 4.79 Å². The largest absolute Gasteiger partial charge is 0.747 e. The van der Waals surface area contributed by atoms with Gasteiger partial charge in [0.2, 0.25) is 0 Å². The van der Waals surface area contributed by atoms with Gasteiger partial charge in [-0.1, -0.05) is 5.56 Å². The Hall–Kier alpha value is -0.241. The minimum Gasteiger partial charge on any atom is -0.747 e. The standard InChI is InChI=1S/C7H7O.C6H4Cl3.Fe/c1-6(8)7-4-2-3-5-7;7-6(8,9)5-3-1-2-4-5;/h2-5H,1H3;1-4H;/q-1;-5;. The fourth-order valence-corrected chi connectivity index (χ4v) is 1.55. The number of rotatable bonds is 1. The quantitative estimate of drug-likeness (QED) is 0.313. The van der Waals surface area contributed by atoms with Gasteiger partial charge in [-0.3, -0.25) is 0 Å². The van der Waals surface area contributed by atoms with Gasteiger partial charge in [-0.15, -0.1) is 34.8 Å². The van der Waals surface area contributed by atoms with Crippen molar-refractivity contribution in [3.63, 3.8) is 0 Å². The zero-order valence-corrected chi connectivity index (χ0v) is 12.9. The van der Waals surface area contributed by atoms with E-state index in [1.165, 1.54) is 0 Å². The molecule has 0 heterocycles. The van der Waals surface area contributed by atoms with E-state index < -0.39 is 3.79 Å². The van der Waals surface area contributed by atoms with Gasteiger partial charge in [0, 0.05) is 20.9 Å². The summed E-state index contributed by atoms with van der Waals surface area (Å²) in [5, 5.41) is 0. The molecule has 5 heteroatoms. The molecule has 0 radical (unpaired) electrons. The molecule has 0 aliphatic rings. The second-order valence-corrected chi connectivity index (χ2v) is 5.68. The van der Waals surface area contributed by atoms with Crippen LogP contribution in [-0.4, -0.2) is 5.78 Å². The second kappa shape index (κ2) is 8.04. The summed E-state index contributed by atoms with van der Waals surface area (Å²) in [6.07, 6.45) is 0. The van der Waals surface area contributed by atoms with Crippen molar-refractivity contribution in [2.75, 3.05) is 0 Å². The van der Waals surface area contributed by atoms with Crippen molar-refractivity contribution >= 4 is 40.6 Å². The number of hydrogen-bond donors (Lipinski definition) is 0. The van der Waals surface area contributed by atoms with Crippen LogP contribution in [0, 0.1) is 0 Å². The number of Topliss-reactive ketones (excluding diaryl/α,β-unsaturated/α-hetero) is 1. The van der Waals surface area contributed by atoms with Gasteiger partial charge in [0.1, 0.15) is 5.78 Å². The molecule has 0 atom stereocenters. The number of alkyl halides is 3. The summed E-state index contributed by atoms with van der Waals surface area (Å²) in [5.41, 5.74) is 1.51. The molecule has 104 valence electrons. The third kappa shape index (κ3) is 6.08. The van der Waals surface area contributed by atoms with Crippen LogP contribution >= 0.6 is 34.8 Å². The number of carbonyl (C=O) groups excluding carboxylic acids is 1. The molecule has 18 heavy (non-hydrogen) atoms. The molecule has 0 bridgehead atoms. The van der Waals surface area contributed by atoms with Gasteiger partial charge < -0.3 is 34.6 Å². The number of halogens is 3.